The molecule has 2 aromatic rings. The minimum Gasteiger partial charge on any atom is -0.508 e. The van der Waals surface area contributed by atoms with Crippen LogP contribution in [-0.2, 0) is 25.6 Å². The Labute approximate surface area is 222 Å². The smallest absolute Gasteiger partial charge is 0.255 e. The van der Waals surface area contributed by atoms with Gasteiger partial charge in [-0.25, -0.2) is 0 Å². The Bertz CT molecular complexity index is 1550. The van der Waals surface area contributed by atoms with Gasteiger partial charge in [0.1, 0.15) is 22.8 Å². The first-order valence-corrected chi connectivity index (χ1v) is 12.8. The molecule has 3 atom stereocenters. The van der Waals surface area contributed by atoms with Crippen LogP contribution < -0.4 is 11.1 Å². The van der Waals surface area contributed by atoms with E-state index in [1.165, 1.54) is 6.07 Å². The number of benzene rings is 2. The van der Waals surface area contributed by atoms with Crippen LogP contribution in [0.4, 0.5) is 5.69 Å². The average Bonchev–Trinajstić information content (AvgIpc) is 3.73. The molecule has 10 heteroatoms. The third-order valence-corrected chi connectivity index (χ3v) is 8.36. The van der Waals surface area contributed by atoms with E-state index in [-0.39, 0.29) is 48.0 Å². The second-order valence-corrected chi connectivity index (χ2v) is 10.7. The van der Waals surface area contributed by atoms with Crippen LogP contribution in [-0.4, -0.2) is 49.4 Å². The number of carbonyl (C=O) groups is 4. The SMILES string of the molecule is NC(=O)C1=C(O)[C@@]2(O)C(=O)C3=C(O)c4c(O)ccc(-c5ccc(NC(=O)C6CC6)cc5)c4C[C@H]3C[C@H]2CC1=O. The predicted molar refractivity (Wildman–Crippen MR) is 138 cm³/mol. The van der Waals surface area contributed by atoms with Crippen molar-refractivity contribution in [1.82, 2.24) is 0 Å². The van der Waals surface area contributed by atoms with E-state index in [1.54, 1.807) is 18.2 Å². The van der Waals surface area contributed by atoms with Crippen LogP contribution >= 0.6 is 0 Å². The van der Waals surface area contributed by atoms with Gasteiger partial charge in [-0.05, 0) is 66.5 Å². The molecule has 2 aromatic carbocycles. The summed E-state index contributed by atoms with van der Waals surface area (Å²) in [6, 6.07) is 10.2. The number of nitrogens with one attached hydrogen (secondary N) is 1. The molecule has 0 spiro atoms. The summed E-state index contributed by atoms with van der Waals surface area (Å²) in [5.74, 6) is -6.56. The molecule has 0 unspecified atom stereocenters. The van der Waals surface area contributed by atoms with Crippen LogP contribution in [0, 0.1) is 17.8 Å². The summed E-state index contributed by atoms with van der Waals surface area (Å²) < 4.78 is 0. The number of anilines is 1. The van der Waals surface area contributed by atoms with Gasteiger partial charge in [0.05, 0.1) is 5.56 Å². The minimum atomic E-state index is -2.59. The number of fused-ring (bicyclic) bond motifs is 3. The largest absolute Gasteiger partial charge is 0.508 e. The summed E-state index contributed by atoms with van der Waals surface area (Å²) in [5.41, 5.74) is 4.33. The maximum Gasteiger partial charge on any atom is 0.255 e. The molecule has 0 bridgehead atoms. The second-order valence-electron chi connectivity index (χ2n) is 10.7. The van der Waals surface area contributed by atoms with Gasteiger partial charge in [-0.2, -0.15) is 0 Å². The van der Waals surface area contributed by atoms with Crippen LogP contribution in [0.3, 0.4) is 0 Å². The lowest BCUT2D eigenvalue weighted by Crippen LogP contribution is -2.58. The van der Waals surface area contributed by atoms with Crippen molar-refractivity contribution in [2.24, 2.45) is 23.5 Å². The summed E-state index contributed by atoms with van der Waals surface area (Å²) in [4.78, 5) is 50.0. The number of aliphatic hydroxyl groups is 3. The van der Waals surface area contributed by atoms with Crippen molar-refractivity contribution in [3.8, 4) is 16.9 Å². The molecule has 200 valence electrons. The van der Waals surface area contributed by atoms with Gasteiger partial charge in [-0.1, -0.05) is 18.2 Å². The summed E-state index contributed by atoms with van der Waals surface area (Å²) in [7, 11) is 0. The van der Waals surface area contributed by atoms with Crippen LogP contribution in [0.25, 0.3) is 16.9 Å². The van der Waals surface area contributed by atoms with E-state index in [0.717, 1.165) is 18.4 Å². The van der Waals surface area contributed by atoms with Gasteiger partial charge in [-0.3, -0.25) is 19.2 Å². The van der Waals surface area contributed by atoms with Crippen molar-refractivity contribution in [2.45, 2.75) is 37.7 Å². The van der Waals surface area contributed by atoms with Crippen molar-refractivity contribution >= 4 is 34.8 Å². The van der Waals surface area contributed by atoms with E-state index in [4.69, 9.17) is 5.73 Å². The van der Waals surface area contributed by atoms with Crippen molar-refractivity contribution in [3.05, 3.63) is 64.4 Å². The number of ketones is 2. The van der Waals surface area contributed by atoms with E-state index in [0.29, 0.717) is 16.8 Å². The average molecular weight is 531 g/mol. The molecule has 0 aliphatic heterocycles. The molecule has 10 nitrogen and oxygen atoms in total. The Kier molecular flexibility index (Phi) is 5.44. The standard InChI is InChI=1S/C29H26N2O8/c30-27(37)23-20(33)11-15-9-14-10-18-17(12-3-5-16(6-4-12)31-28(38)13-1-2-13)7-8-19(32)22(18)24(34)21(14)25(35)29(15,39)26(23)36/h3-8,13-15,32,34,36,39H,1-2,9-11H2,(H2,30,37)(H,31,38)/t14-,15+,29+/m1/s1. The minimum absolute atomic E-state index is 0.0145. The van der Waals surface area contributed by atoms with Gasteiger partial charge in [0, 0.05) is 29.5 Å². The highest BCUT2D eigenvalue weighted by atomic mass is 16.3. The zero-order valence-corrected chi connectivity index (χ0v) is 20.7. The molecule has 2 fully saturated rings. The number of Topliss-reactive ketones (excluding diaryl/α,β-unsaturated/α-hetero) is 2. The lowest BCUT2D eigenvalue weighted by molar-refractivity contribution is -0.147. The predicted octanol–water partition coefficient (Wildman–Crippen LogP) is 2.44. The molecule has 0 aromatic heterocycles. The Morgan fingerprint density at radius 1 is 0.974 bits per heavy atom. The number of rotatable bonds is 4. The third-order valence-electron chi connectivity index (χ3n) is 8.36. The summed E-state index contributed by atoms with van der Waals surface area (Å²) in [5, 5.41) is 46.9. The molecule has 0 heterocycles. The van der Waals surface area contributed by atoms with Gasteiger partial charge in [0.25, 0.3) is 5.91 Å². The summed E-state index contributed by atoms with van der Waals surface area (Å²) in [6.45, 7) is 0. The number of phenols is 1. The summed E-state index contributed by atoms with van der Waals surface area (Å²) in [6.07, 6.45) is 1.67. The van der Waals surface area contributed by atoms with E-state index in [9.17, 15) is 39.6 Å². The fourth-order valence-corrected chi connectivity index (χ4v) is 6.21. The maximum atomic E-state index is 13.6. The Hall–Kier alpha value is -4.44. The highest BCUT2D eigenvalue weighted by Crippen LogP contribution is 2.53. The number of amides is 2. The maximum absolute atomic E-state index is 13.6. The zero-order chi connectivity index (χ0) is 27.8. The number of primary amides is 1. The Morgan fingerprint density at radius 2 is 1.67 bits per heavy atom. The third kappa shape index (κ3) is 3.66. The van der Waals surface area contributed by atoms with Crippen molar-refractivity contribution in [1.29, 1.82) is 0 Å². The molecule has 2 amide bonds. The molecule has 4 aliphatic carbocycles. The molecular weight excluding hydrogens is 504 g/mol. The summed E-state index contributed by atoms with van der Waals surface area (Å²) >= 11 is 0. The molecular formula is C29H26N2O8. The quantitative estimate of drug-likeness (QED) is 0.325. The van der Waals surface area contributed by atoms with Crippen LogP contribution in [0.15, 0.2) is 53.3 Å². The number of hydrogen-bond acceptors (Lipinski definition) is 8. The van der Waals surface area contributed by atoms with Gasteiger partial charge >= 0.3 is 0 Å². The monoisotopic (exact) mass is 530 g/mol. The van der Waals surface area contributed by atoms with Crippen molar-refractivity contribution in [3.63, 3.8) is 0 Å². The number of hydrogen-bond donors (Lipinski definition) is 6. The number of nitrogens with two attached hydrogens (primary N) is 1. The lowest BCUT2D eigenvalue weighted by atomic mass is 9.59. The molecule has 39 heavy (non-hydrogen) atoms. The van der Waals surface area contributed by atoms with E-state index >= 15 is 0 Å². The number of carbonyl (C=O) groups excluding carboxylic acids is 4. The van der Waals surface area contributed by atoms with Gasteiger partial charge in [0.15, 0.2) is 11.4 Å². The van der Waals surface area contributed by atoms with Gasteiger partial charge < -0.3 is 31.5 Å². The second kappa shape index (κ2) is 8.54. The van der Waals surface area contributed by atoms with E-state index in [1.807, 2.05) is 12.1 Å². The van der Waals surface area contributed by atoms with Crippen LogP contribution in [0.1, 0.15) is 36.8 Å². The number of phenolic OH excluding ortho intramolecular Hbond substituents is 1. The number of aliphatic hydroxyl groups excluding tert-OH is 2. The van der Waals surface area contributed by atoms with Crippen molar-refractivity contribution < 1.29 is 39.6 Å². The number of aromatic hydroxyl groups is 1. The Balaban J connectivity index is 1.42. The first kappa shape index (κ1) is 24.9. The lowest BCUT2D eigenvalue weighted by Gasteiger charge is -2.46. The highest BCUT2D eigenvalue weighted by molar-refractivity contribution is 6.22. The van der Waals surface area contributed by atoms with Crippen LogP contribution in [0.5, 0.6) is 5.75 Å². The fraction of sp³-hybridized carbons (Fsp3) is 0.310. The molecule has 0 saturated heterocycles. The van der Waals surface area contributed by atoms with Crippen molar-refractivity contribution in [2.75, 3.05) is 5.32 Å². The molecule has 6 rings (SSSR count). The fourth-order valence-electron chi connectivity index (χ4n) is 6.21. The molecule has 0 radical (unpaired) electrons. The van der Waals surface area contributed by atoms with E-state index < -0.39 is 52.0 Å². The molecule has 2 saturated carbocycles. The first-order valence-electron chi connectivity index (χ1n) is 12.8. The zero-order valence-electron chi connectivity index (χ0n) is 20.7. The first-order chi connectivity index (χ1) is 18.5. The highest BCUT2D eigenvalue weighted by Gasteiger charge is 2.60. The van der Waals surface area contributed by atoms with Gasteiger partial charge in [0.2, 0.25) is 11.7 Å². The molecule has 7 N–H and O–H groups in total. The Morgan fingerprint density at radius 3 is 2.31 bits per heavy atom. The normalized spacial score (nSPS) is 26.1. The van der Waals surface area contributed by atoms with E-state index in [2.05, 4.69) is 5.32 Å². The topological polar surface area (TPSA) is 187 Å². The van der Waals surface area contributed by atoms with Gasteiger partial charge in [-0.15, -0.1) is 0 Å². The van der Waals surface area contributed by atoms with Crippen LogP contribution in [0.2, 0.25) is 0 Å². The molecule has 4 aliphatic rings.